The number of fused-ring (bicyclic) bond motifs is 1. The number of anilines is 1. The maximum Gasteiger partial charge on any atom is 0.261 e. The predicted octanol–water partition coefficient (Wildman–Crippen LogP) is 4.69. The Morgan fingerprint density at radius 1 is 0.970 bits per heavy atom. The first-order chi connectivity index (χ1) is 15.9. The minimum absolute atomic E-state index is 0.108. The van der Waals surface area contributed by atoms with Crippen molar-refractivity contribution >= 4 is 35.1 Å². The van der Waals surface area contributed by atoms with E-state index in [-0.39, 0.29) is 17.7 Å². The smallest absolute Gasteiger partial charge is 0.261 e. The highest BCUT2D eigenvalue weighted by atomic mass is 35.5. The molecule has 0 radical (unpaired) electrons. The molecular formula is C25H25ClN4O3. The van der Waals surface area contributed by atoms with Crippen LogP contribution in [0, 0.1) is 6.92 Å². The van der Waals surface area contributed by atoms with Gasteiger partial charge in [0, 0.05) is 29.7 Å². The number of unbranched alkanes of at least 4 members (excludes halogenated alkanes) is 2. The molecule has 0 saturated carbocycles. The van der Waals surface area contributed by atoms with Gasteiger partial charge in [-0.3, -0.25) is 24.0 Å². The lowest BCUT2D eigenvalue weighted by atomic mass is 10.1. The molecule has 3 amide bonds. The number of aryl methyl sites for hydroxylation is 1. The molecule has 0 aliphatic carbocycles. The molecule has 1 aliphatic rings. The van der Waals surface area contributed by atoms with E-state index < -0.39 is 0 Å². The monoisotopic (exact) mass is 464 g/mol. The summed E-state index contributed by atoms with van der Waals surface area (Å²) in [6.45, 7) is 2.87. The van der Waals surface area contributed by atoms with Gasteiger partial charge in [0.15, 0.2) is 5.82 Å². The molecule has 1 N–H and O–H groups in total. The number of carbonyl (C=O) groups is 3. The Balaban J connectivity index is 1.20. The van der Waals surface area contributed by atoms with Crippen LogP contribution in [0.15, 0.2) is 54.6 Å². The van der Waals surface area contributed by atoms with Crippen LogP contribution in [0.25, 0.3) is 0 Å². The maximum absolute atomic E-state index is 12.4. The van der Waals surface area contributed by atoms with Crippen molar-refractivity contribution < 1.29 is 14.4 Å². The zero-order chi connectivity index (χ0) is 23.4. The number of rotatable bonds is 9. The first-order valence-electron chi connectivity index (χ1n) is 11.0. The molecule has 3 aromatic rings. The number of benzene rings is 2. The maximum atomic E-state index is 12.4. The minimum Gasteiger partial charge on any atom is -0.309 e. The Morgan fingerprint density at radius 2 is 1.70 bits per heavy atom. The lowest BCUT2D eigenvalue weighted by Gasteiger charge is -2.13. The van der Waals surface area contributed by atoms with Crippen LogP contribution in [0.5, 0.6) is 0 Å². The topological polar surface area (TPSA) is 84.3 Å². The van der Waals surface area contributed by atoms with Gasteiger partial charge in [-0.05, 0) is 49.6 Å². The summed E-state index contributed by atoms with van der Waals surface area (Å²) in [4.78, 5) is 38.3. The van der Waals surface area contributed by atoms with Crippen molar-refractivity contribution in [1.29, 1.82) is 0 Å². The molecule has 0 saturated heterocycles. The van der Waals surface area contributed by atoms with Crippen LogP contribution in [0.4, 0.5) is 5.82 Å². The second-order valence-corrected chi connectivity index (χ2v) is 8.56. The predicted molar refractivity (Wildman–Crippen MR) is 126 cm³/mol. The average Bonchev–Trinajstić information content (AvgIpc) is 3.24. The Bertz CT molecular complexity index is 1170. The lowest BCUT2D eigenvalue weighted by molar-refractivity contribution is -0.116. The first-order valence-corrected chi connectivity index (χ1v) is 11.3. The molecule has 0 bridgehead atoms. The number of nitrogens with one attached hydrogen (secondary N) is 1. The van der Waals surface area contributed by atoms with Gasteiger partial charge in [0.25, 0.3) is 11.8 Å². The first kappa shape index (κ1) is 22.7. The number of aromatic nitrogens is 2. The molecule has 170 valence electrons. The summed E-state index contributed by atoms with van der Waals surface area (Å²) in [5.41, 5.74) is 2.90. The van der Waals surface area contributed by atoms with Crippen LogP contribution >= 0.6 is 11.6 Å². The molecule has 0 fully saturated rings. The van der Waals surface area contributed by atoms with Crippen molar-refractivity contribution in [2.75, 3.05) is 11.9 Å². The molecule has 0 unspecified atom stereocenters. The van der Waals surface area contributed by atoms with Crippen LogP contribution in [-0.2, 0) is 11.3 Å². The SMILES string of the molecule is Cc1cc(NC(=O)CCCCCN2C(=O)c3ccccc3C2=O)nn1Cc1cccc(Cl)c1. The normalized spacial score (nSPS) is 12.8. The van der Waals surface area contributed by atoms with E-state index in [2.05, 4.69) is 10.4 Å². The minimum atomic E-state index is -0.239. The van der Waals surface area contributed by atoms with Crippen molar-refractivity contribution in [2.24, 2.45) is 0 Å². The highest BCUT2D eigenvalue weighted by Gasteiger charge is 2.34. The summed E-state index contributed by atoms with van der Waals surface area (Å²) in [5, 5.41) is 7.99. The third-order valence-electron chi connectivity index (χ3n) is 5.63. The summed E-state index contributed by atoms with van der Waals surface area (Å²) in [6.07, 6.45) is 2.41. The van der Waals surface area contributed by atoms with E-state index in [9.17, 15) is 14.4 Å². The van der Waals surface area contributed by atoms with Crippen LogP contribution in [0.2, 0.25) is 5.02 Å². The fourth-order valence-corrected chi connectivity index (χ4v) is 4.13. The summed E-state index contributed by atoms with van der Waals surface area (Å²) < 4.78 is 1.82. The van der Waals surface area contributed by atoms with Crippen molar-refractivity contribution in [3.8, 4) is 0 Å². The van der Waals surface area contributed by atoms with Crippen LogP contribution in [-0.4, -0.2) is 38.9 Å². The highest BCUT2D eigenvalue weighted by Crippen LogP contribution is 2.23. The number of nitrogens with zero attached hydrogens (tertiary/aromatic N) is 3. The zero-order valence-corrected chi connectivity index (χ0v) is 19.1. The van der Waals surface area contributed by atoms with Gasteiger partial charge in [0.1, 0.15) is 0 Å². The number of imide groups is 1. The molecule has 0 atom stereocenters. The summed E-state index contributed by atoms with van der Waals surface area (Å²) in [5.74, 6) is -0.0668. The number of carbonyl (C=O) groups excluding carboxylic acids is 3. The van der Waals surface area contributed by atoms with Gasteiger partial charge in [-0.25, -0.2) is 0 Å². The van der Waals surface area contributed by atoms with E-state index in [0.29, 0.717) is 54.3 Å². The Kier molecular flexibility index (Phi) is 6.89. The molecule has 1 aliphatic heterocycles. The molecule has 4 rings (SSSR count). The van der Waals surface area contributed by atoms with Crippen molar-refractivity contribution in [2.45, 2.75) is 39.2 Å². The van der Waals surface area contributed by atoms with Gasteiger partial charge in [0.2, 0.25) is 5.91 Å². The molecule has 33 heavy (non-hydrogen) atoms. The van der Waals surface area contributed by atoms with E-state index in [1.165, 1.54) is 4.90 Å². The second kappa shape index (κ2) is 10.0. The van der Waals surface area contributed by atoms with Gasteiger partial charge >= 0.3 is 0 Å². The Hall–Kier alpha value is -3.45. The summed E-state index contributed by atoms with van der Waals surface area (Å²) in [7, 11) is 0. The third kappa shape index (κ3) is 5.31. The number of hydrogen-bond donors (Lipinski definition) is 1. The quantitative estimate of drug-likeness (QED) is 0.368. The van der Waals surface area contributed by atoms with E-state index in [1.54, 1.807) is 24.3 Å². The van der Waals surface area contributed by atoms with E-state index in [4.69, 9.17) is 11.6 Å². The number of hydrogen-bond acceptors (Lipinski definition) is 4. The van der Waals surface area contributed by atoms with Gasteiger partial charge in [-0.15, -0.1) is 0 Å². The molecule has 0 spiro atoms. The number of amides is 3. The zero-order valence-electron chi connectivity index (χ0n) is 18.4. The van der Waals surface area contributed by atoms with E-state index in [1.807, 2.05) is 41.9 Å². The Morgan fingerprint density at radius 3 is 2.39 bits per heavy atom. The standard InChI is InChI=1S/C25H25ClN4O3/c1-17-14-22(28-30(17)16-18-8-7-9-19(26)15-18)27-23(31)12-3-2-6-13-29-24(32)20-10-4-5-11-21(20)25(29)33/h4-5,7-11,14-15H,2-3,6,12-13,16H2,1H3,(H,27,28,31). The fourth-order valence-electron chi connectivity index (χ4n) is 3.92. The van der Waals surface area contributed by atoms with Crippen LogP contribution in [0.1, 0.15) is 57.7 Å². The Labute approximate surface area is 197 Å². The van der Waals surface area contributed by atoms with Crippen LogP contribution in [0.3, 0.4) is 0 Å². The summed E-state index contributed by atoms with van der Waals surface area (Å²) >= 11 is 6.05. The largest absolute Gasteiger partial charge is 0.309 e. The average molecular weight is 465 g/mol. The molecular weight excluding hydrogens is 440 g/mol. The van der Waals surface area contributed by atoms with E-state index in [0.717, 1.165) is 17.7 Å². The van der Waals surface area contributed by atoms with Gasteiger partial charge in [0.05, 0.1) is 17.7 Å². The molecule has 2 aromatic carbocycles. The second-order valence-electron chi connectivity index (χ2n) is 8.12. The van der Waals surface area contributed by atoms with Crippen molar-refractivity contribution in [3.05, 3.63) is 82.0 Å². The van der Waals surface area contributed by atoms with Crippen molar-refractivity contribution in [3.63, 3.8) is 0 Å². The third-order valence-corrected chi connectivity index (χ3v) is 5.87. The lowest BCUT2D eigenvalue weighted by Crippen LogP contribution is -2.30. The number of halogens is 1. The fraction of sp³-hybridized carbons (Fsp3) is 0.280. The molecule has 8 heteroatoms. The highest BCUT2D eigenvalue weighted by molar-refractivity contribution is 6.30. The molecule has 1 aromatic heterocycles. The summed E-state index contributed by atoms with van der Waals surface area (Å²) in [6, 6.07) is 16.3. The van der Waals surface area contributed by atoms with Gasteiger partial charge in [-0.1, -0.05) is 42.3 Å². The molecule has 7 nitrogen and oxygen atoms in total. The molecule has 2 heterocycles. The van der Waals surface area contributed by atoms with Gasteiger partial charge < -0.3 is 5.32 Å². The van der Waals surface area contributed by atoms with Gasteiger partial charge in [-0.2, -0.15) is 5.10 Å². The van der Waals surface area contributed by atoms with Crippen molar-refractivity contribution in [1.82, 2.24) is 14.7 Å². The van der Waals surface area contributed by atoms with Crippen LogP contribution < -0.4 is 5.32 Å². The van der Waals surface area contributed by atoms with E-state index >= 15 is 0 Å².